The molecule has 3 N–H and O–H groups in total. The van der Waals surface area contributed by atoms with Crippen molar-refractivity contribution in [1.29, 1.82) is 0 Å². The van der Waals surface area contributed by atoms with Crippen LogP contribution in [0, 0.1) is 0 Å². The van der Waals surface area contributed by atoms with E-state index in [0.29, 0.717) is 32.2 Å². The predicted molar refractivity (Wildman–Crippen MR) is 88.4 cm³/mol. The average Bonchev–Trinajstić information content (AvgIpc) is 3.05. The van der Waals surface area contributed by atoms with Crippen LogP contribution in [-0.4, -0.2) is 40.2 Å². The highest BCUT2D eigenvalue weighted by molar-refractivity contribution is 5.99. The standard InChI is InChI=1S/C17H22N4O3/c1-12(17(24)21-11-5-8-14(21)16(18)23)20-15(22)9-4-7-13-6-2-3-10-19-13/h2-3,6,10,14H,1,4-5,7-9,11H2,(H2,18,23)(H,20,22)/t14-/m0/s1. The average molecular weight is 330 g/mol. The predicted octanol–water partition coefficient (Wildman–Crippen LogP) is 0.511. The number of nitrogens with zero attached hydrogens (tertiary/aromatic N) is 2. The molecule has 0 aromatic carbocycles. The zero-order chi connectivity index (χ0) is 17.5. The minimum absolute atomic E-state index is 0.0222. The molecule has 128 valence electrons. The van der Waals surface area contributed by atoms with Gasteiger partial charge in [0.25, 0.3) is 5.91 Å². The van der Waals surface area contributed by atoms with Gasteiger partial charge in [-0.15, -0.1) is 0 Å². The van der Waals surface area contributed by atoms with Crippen LogP contribution in [0.15, 0.2) is 36.7 Å². The van der Waals surface area contributed by atoms with Crippen LogP contribution in [0.4, 0.5) is 0 Å². The molecule has 2 rings (SSSR count). The van der Waals surface area contributed by atoms with Gasteiger partial charge in [-0.25, -0.2) is 0 Å². The topological polar surface area (TPSA) is 105 Å². The summed E-state index contributed by atoms with van der Waals surface area (Å²) in [6.45, 7) is 4.06. The summed E-state index contributed by atoms with van der Waals surface area (Å²) >= 11 is 0. The van der Waals surface area contributed by atoms with Gasteiger partial charge in [0.1, 0.15) is 6.04 Å². The maximum absolute atomic E-state index is 12.3. The number of pyridine rings is 1. The number of nitrogens with one attached hydrogen (secondary N) is 1. The molecule has 0 spiro atoms. The van der Waals surface area contributed by atoms with Crippen molar-refractivity contribution < 1.29 is 14.4 Å². The van der Waals surface area contributed by atoms with E-state index in [4.69, 9.17) is 5.73 Å². The highest BCUT2D eigenvalue weighted by atomic mass is 16.2. The summed E-state index contributed by atoms with van der Waals surface area (Å²) in [5.41, 5.74) is 6.19. The van der Waals surface area contributed by atoms with E-state index in [0.717, 1.165) is 5.69 Å². The van der Waals surface area contributed by atoms with Gasteiger partial charge in [-0.3, -0.25) is 19.4 Å². The van der Waals surface area contributed by atoms with Crippen LogP contribution in [0.3, 0.4) is 0 Å². The van der Waals surface area contributed by atoms with Crippen molar-refractivity contribution in [3.63, 3.8) is 0 Å². The SMILES string of the molecule is C=C(NC(=O)CCCc1ccccn1)C(=O)N1CCC[C@H]1C(N)=O. The first-order valence-corrected chi connectivity index (χ1v) is 7.98. The molecule has 7 nitrogen and oxygen atoms in total. The quantitative estimate of drug-likeness (QED) is 0.711. The Balaban J connectivity index is 1.77. The normalized spacial score (nSPS) is 16.7. The summed E-state index contributed by atoms with van der Waals surface area (Å²) in [4.78, 5) is 41.1. The number of carbonyl (C=O) groups is 3. The molecule has 1 atom stereocenters. The third-order valence-corrected chi connectivity index (χ3v) is 3.95. The van der Waals surface area contributed by atoms with Crippen LogP contribution in [0.1, 0.15) is 31.4 Å². The Morgan fingerprint density at radius 1 is 1.38 bits per heavy atom. The molecule has 1 fully saturated rings. The van der Waals surface area contributed by atoms with Crippen molar-refractivity contribution in [1.82, 2.24) is 15.2 Å². The number of aryl methyl sites for hydroxylation is 1. The Hall–Kier alpha value is -2.70. The van der Waals surface area contributed by atoms with E-state index in [1.807, 2.05) is 18.2 Å². The van der Waals surface area contributed by atoms with Crippen molar-refractivity contribution in [2.45, 2.75) is 38.1 Å². The molecule has 7 heteroatoms. The van der Waals surface area contributed by atoms with Gasteiger partial charge >= 0.3 is 0 Å². The van der Waals surface area contributed by atoms with E-state index in [1.54, 1.807) is 6.20 Å². The molecule has 0 radical (unpaired) electrons. The molecule has 24 heavy (non-hydrogen) atoms. The number of amides is 3. The lowest BCUT2D eigenvalue weighted by molar-refractivity contribution is -0.135. The largest absolute Gasteiger partial charge is 0.368 e. The van der Waals surface area contributed by atoms with Gasteiger partial charge in [-0.1, -0.05) is 12.6 Å². The van der Waals surface area contributed by atoms with Crippen LogP contribution < -0.4 is 11.1 Å². The van der Waals surface area contributed by atoms with Crippen LogP contribution in [0.5, 0.6) is 0 Å². The second kappa shape index (κ2) is 8.24. The van der Waals surface area contributed by atoms with E-state index in [2.05, 4.69) is 16.9 Å². The second-order valence-electron chi connectivity index (χ2n) is 5.76. The number of primary amides is 1. The molecule has 0 unspecified atom stereocenters. The fourth-order valence-electron chi connectivity index (χ4n) is 2.74. The molecule has 0 bridgehead atoms. The molecule has 1 aromatic rings. The minimum Gasteiger partial charge on any atom is -0.368 e. The molecular weight excluding hydrogens is 308 g/mol. The molecule has 0 aliphatic carbocycles. The number of nitrogens with two attached hydrogens (primary N) is 1. The number of likely N-dealkylation sites (tertiary alicyclic amines) is 1. The molecular formula is C17H22N4O3. The maximum Gasteiger partial charge on any atom is 0.270 e. The fourth-order valence-corrected chi connectivity index (χ4v) is 2.74. The third kappa shape index (κ3) is 4.65. The number of carbonyl (C=O) groups excluding carboxylic acids is 3. The van der Waals surface area contributed by atoms with Gasteiger partial charge in [0, 0.05) is 24.9 Å². The van der Waals surface area contributed by atoms with E-state index < -0.39 is 17.9 Å². The second-order valence-corrected chi connectivity index (χ2v) is 5.76. The molecule has 0 saturated carbocycles. The first-order chi connectivity index (χ1) is 11.5. The van der Waals surface area contributed by atoms with Gasteiger partial charge < -0.3 is 16.0 Å². The van der Waals surface area contributed by atoms with Crippen molar-refractivity contribution in [3.05, 3.63) is 42.4 Å². The first-order valence-electron chi connectivity index (χ1n) is 7.98. The molecule has 1 aliphatic heterocycles. The van der Waals surface area contributed by atoms with E-state index in [-0.39, 0.29) is 18.0 Å². The van der Waals surface area contributed by atoms with Crippen LogP contribution in [-0.2, 0) is 20.8 Å². The van der Waals surface area contributed by atoms with Crippen LogP contribution >= 0.6 is 0 Å². The summed E-state index contributed by atoms with van der Waals surface area (Å²) in [7, 11) is 0. The Labute approximate surface area is 140 Å². The van der Waals surface area contributed by atoms with Gasteiger partial charge in [0.2, 0.25) is 11.8 Å². The first kappa shape index (κ1) is 17.7. The Kier molecular flexibility index (Phi) is 6.06. The maximum atomic E-state index is 12.3. The van der Waals surface area contributed by atoms with E-state index in [9.17, 15) is 14.4 Å². The van der Waals surface area contributed by atoms with E-state index >= 15 is 0 Å². The van der Waals surface area contributed by atoms with Crippen molar-refractivity contribution in [2.75, 3.05) is 6.54 Å². The lowest BCUT2D eigenvalue weighted by Crippen LogP contribution is -2.46. The highest BCUT2D eigenvalue weighted by Gasteiger charge is 2.33. The number of aromatic nitrogens is 1. The lowest BCUT2D eigenvalue weighted by Gasteiger charge is -2.23. The van der Waals surface area contributed by atoms with Crippen molar-refractivity contribution in [3.8, 4) is 0 Å². The minimum atomic E-state index is -0.615. The Morgan fingerprint density at radius 2 is 2.17 bits per heavy atom. The number of rotatable bonds is 7. The summed E-state index contributed by atoms with van der Waals surface area (Å²) in [5, 5.41) is 2.51. The smallest absolute Gasteiger partial charge is 0.270 e. The van der Waals surface area contributed by atoms with Gasteiger partial charge in [-0.2, -0.15) is 0 Å². The molecule has 1 aliphatic rings. The lowest BCUT2D eigenvalue weighted by atomic mass is 10.1. The van der Waals surface area contributed by atoms with E-state index in [1.165, 1.54) is 4.90 Å². The molecule has 3 amide bonds. The number of hydrogen-bond acceptors (Lipinski definition) is 4. The van der Waals surface area contributed by atoms with Crippen molar-refractivity contribution >= 4 is 17.7 Å². The monoisotopic (exact) mass is 330 g/mol. The van der Waals surface area contributed by atoms with Crippen molar-refractivity contribution in [2.24, 2.45) is 5.73 Å². The zero-order valence-corrected chi connectivity index (χ0v) is 13.5. The molecule has 1 aromatic heterocycles. The Morgan fingerprint density at radius 3 is 2.83 bits per heavy atom. The number of hydrogen-bond donors (Lipinski definition) is 2. The fraction of sp³-hybridized carbons (Fsp3) is 0.412. The van der Waals surface area contributed by atoms with Gasteiger partial charge in [0.05, 0.1) is 5.70 Å². The highest BCUT2D eigenvalue weighted by Crippen LogP contribution is 2.18. The zero-order valence-electron chi connectivity index (χ0n) is 13.5. The summed E-state index contributed by atoms with van der Waals surface area (Å²) in [6.07, 6.45) is 4.54. The third-order valence-electron chi connectivity index (χ3n) is 3.95. The summed E-state index contributed by atoms with van der Waals surface area (Å²) in [5.74, 6) is -1.26. The molecule has 2 heterocycles. The molecule has 1 saturated heterocycles. The summed E-state index contributed by atoms with van der Waals surface area (Å²) in [6, 6.07) is 5.02. The van der Waals surface area contributed by atoms with Gasteiger partial charge in [-0.05, 0) is 37.8 Å². The van der Waals surface area contributed by atoms with Crippen LogP contribution in [0.2, 0.25) is 0 Å². The Bertz CT molecular complexity index is 630. The van der Waals surface area contributed by atoms with Gasteiger partial charge in [0.15, 0.2) is 0 Å². The van der Waals surface area contributed by atoms with Crippen LogP contribution in [0.25, 0.3) is 0 Å². The summed E-state index contributed by atoms with van der Waals surface area (Å²) < 4.78 is 0.